The van der Waals surface area contributed by atoms with Gasteiger partial charge in [-0.15, -0.1) is 0 Å². The van der Waals surface area contributed by atoms with Gasteiger partial charge in [0.05, 0.1) is 26.9 Å². The maximum Gasteiger partial charge on any atom is 0.161 e. The number of hydrogen-bond donors (Lipinski definition) is 1. The van der Waals surface area contributed by atoms with Crippen LogP contribution < -0.4 is 14.8 Å². The van der Waals surface area contributed by atoms with E-state index >= 15 is 0 Å². The molecule has 0 fully saturated rings. The standard InChI is InChI=1S/C21H27NO3/c1-3-7-18-10-11-20(21(16-18)23-2)25-15-14-24-13-12-22-17-19-8-5-4-6-9-19/h3-11,16,22H,12-15,17H2,1-2H3/p+1/b7-3+. The third-order valence-electron chi connectivity index (χ3n) is 3.72. The largest absolute Gasteiger partial charge is 0.493 e. The van der Waals surface area contributed by atoms with Crippen molar-refractivity contribution in [3.8, 4) is 11.5 Å². The van der Waals surface area contributed by atoms with Gasteiger partial charge in [-0.2, -0.15) is 0 Å². The van der Waals surface area contributed by atoms with Gasteiger partial charge in [0.25, 0.3) is 0 Å². The monoisotopic (exact) mass is 342 g/mol. The topological polar surface area (TPSA) is 44.3 Å². The molecule has 0 aliphatic rings. The summed E-state index contributed by atoms with van der Waals surface area (Å²) in [4.78, 5) is 0. The van der Waals surface area contributed by atoms with Gasteiger partial charge in [0.1, 0.15) is 13.2 Å². The van der Waals surface area contributed by atoms with E-state index in [1.807, 2.05) is 43.3 Å². The Labute approximate surface area is 150 Å². The van der Waals surface area contributed by atoms with Crippen LogP contribution in [0.5, 0.6) is 11.5 Å². The molecular formula is C21H28NO3+. The van der Waals surface area contributed by atoms with Gasteiger partial charge in [0.2, 0.25) is 0 Å². The average Bonchev–Trinajstić information content (AvgIpc) is 2.65. The van der Waals surface area contributed by atoms with Gasteiger partial charge in [-0.25, -0.2) is 0 Å². The molecule has 2 N–H and O–H groups in total. The van der Waals surface area contributed by atoms with E-state index in [-0.39, 0.29) is 0 Å². The Kier molecular flexibility index (Phi) is 8.59. The van der Waals surface area contributed by atoms with Crippen LogP contribution in [-0.4, -0.2) is 33.5 Å². The highest BCUT2D eigenvalue weighted by Gasteiger charge is 2.04. The molecule has 2 aromatic carbocycles. The molecule has 0 saturated carbocycles. The Bertz CT molecular complexity index is 641. The van der Waals surface area contributed by atoms with Gasteiger partial charge in [0, 0.05) is 5.56 Å². The third-order valence-corrected chi connectivity index (χ3v) is 3.72. The molecule has 25 heavy (non-hydrogen) atoms. The molecule has 0 atom stereocenters. The number of benzene rings is 2. The molecule has 4 nitrogen and oxygen atoms in total. The second kappa shape index (κ2) is 11.3. The summed E-state index contributed by atoms with van der Waals surface area (Å²) >= 11 is 0. The zero-order chi connectivity index (χ0) is 17.7. The molecule has 2 rings (SSSR count). The Morgan fingerprint density at radius 2 is 1.80 bits per heavy atom. The predicted molar refractivity (Wildman–Crippen MR) is 101 cm³/mol. The molecule has 0 amide bonds. The molecule has 0 heterocycles. The second-order valence-corrected chi connectivity index (χ2v) is 5.64. The third kappa shape index (κ3) is 6.99. The smallest absolute Gasteiger partial charge is 0.161 e. The molecule has 0 aromatic heterocycles. The Hall–Kier alpha value is -2.30. The van der Waals surface area contributed by atoms with Gasteiger partial charge in [-0.05, 0) is 24.6 Å². The summed E-state index contributed by atoms with van der Waals surface area (Å²) in [6.07, 6.45) is 4.03. The lowest BCUT2D eigenvalue weighted by atomic mass is 10.2. The van der Waals surface area contributed by atoms with E-state index in [4.69, 9.17) is 14.2 Å². The number of quaternary nitrogens is 1. The van der Waals surface area contributed by atoms with Crippen molar-refractivity contribution < 1.29 is 19.5 Å². The van der Waals surface area contributed by atoms with Gasteiger partial charge in [-0.3, -0.25) is 0 Å². The Balaban J connectivity index is 1.60. The van der Waals surface area contributed by atoms with Gasteiger partial charge in [-0.1, -0.05) is 48.6 Å². The predicted octanol–water partition coefficient (Wildman–Crippen LogP) is 2.89. The van der Waals surface area contributed by atoms with Gasteiger partial charge in [0.15, 0.2) is 11.5 Å². The number of methoxy groups -OCH3 is 1. The lowest BCUT2D eigenvalue weighted by molar-refractivity contribution is -0.672. The van der Waals surface area contributed by atoms with E-state index in [1.54, 1.807) is 7.11 Å². The van der Waals surface area contributed by atoms with Gasteiger partial charge < -0.3 is 19.5 Å². The van der Waals surface area contributed by atoms with Crippen molar-refractivity contribution in [2.75, 3.05) is 33.5 Å². The van der Waals surface area contributed by atoms with E-state index in [0.29, 0.717) is 19.8 Å². The summed E-state index contributed by atoms with van der Waals surface area (Å²) in [5, 5.41) is 2.25. The molecule has 0 bridgehead atoms. The average molecular weight is 342 g/mol. The van der Waals surface area contributed by atoms with Crippen molar-refractivity contribution in [2.45, 2.75) is 13.5 Å². The van der Waals surface area contributed by atoms with Crippen LogP contribution >= 0.6 is 0 Å². The first-order chi connectivity index (χ1) is 12.3. The Morgan fingerprint density at radius 3 is 2.56 bits per heavy atom. The second-order valence-electron chi connectivity index (χ2n) is 5.64. The molecule has 0 unspecified atom stereocenters. The van der Waals surface area contributed by atoms with Crippen molar-refractivity contribution in [2.24, 2.45) is 0 Å². The quantitative estimate of drug-likeness (QED) is 0.639. The Morgan fingerprint density at radius 1 is 0.960 bits per heavy atom. The van der Waals surface area contributed by atoms with E-state index < -0.39 is 0 Å². The fourth-order valence-electron chi connectivity index (χ4n) is 2.46. The summed E-state index contributed by atoms with van der Waals surface area (Å²) in [5.74, 6) is 1.49. The lowest BCUT2D eigenvalue weighted by Gasteiger charge is -2.11. The molecule has 0 aliphatic heterocycles. The molecule has 0 radical (unpaired) electrons. The van der Waals surface area contributed by atoms with Crippen LogP contribution in [-0.2, 0) is 11.3 Å². The highest BCUT2D eigenvalue weighted by atomic mass is 16.5. The summed E-state index contributed by atoms with van der Waals surface area (Å²) < 4.78 is 16.8. The number of nitrogens with two attached hydrogens (primary N) is 1. The number of allylic oxidation sites excluding steroid dienone is 1. The van der Waals surface area contributed by atoms with Crippen LogP contribution in [0.1, 0.15) is 18.1 Å². The minimum atomic E-state index is 0.512. The number of hydrogen-bond acceptors (Lipinski definition) is 3. The van der Waals surface area contributed by atoms with Crippen molar-refractivity contribution in [1.29, 1.82) is 0 Å². The van der Waals surface area contributed by atoms with Crippen molar-refractivity contribution in [1.82, 2.24) is 0 Å². The zero-order valence-electron chi connectivity index (χ0n) is 15.1. The van der Waals surface area contributed by atoms with Crippen LogP contribution in [0.4, 0.5) is 0 Å². The van der Waals surface area contributed by atoms with E-state index in [0.717, 1.165) is 30.2 Å². The summed E-state index contributed by atoms with van der Waals surface area (Å²) in [6, 6.07) is 16.4. The molecule has 0 saturated heterocycles. The van der Waals surface area contributed by atoms with E-state index in [1.165, 1.54) is 5.56 Å². The summed E-state index contributed by atoms with van der Waals surface area (Å²) in [6.45, 7) is 5.71. The van der Waals surface area contributed by atoms with Crippen LogP contribution in [0.15, 0.2) is 54.6 Å². The highest BCUT2D eigenvalue weighted by Crippen LogP contribution is 2.28. The zero-order valence-corrected chi connectivity index (χ0v) is 15.1. The first kappa shape index (κ1) is 19.0. The van der Waals surface area contributed by atoms with E-state index in [9.17, 15) is 0 Å². The normalized spacial score (nSPS) is 11.0. The summed E-state index contributed by atoms with van der Waals surface area (Å²) in [5.41, 5.74) is 2.43. The van der Waals surface area contributed by atoms with Crippen molar-refractivity contribution in [3.05, 3.63) is 65.7 Å². The van der Waals surface area contributed by atoms with Crippen LogP contribution in [0.2, 0.25) is 0 Å². The fourth-order valence-corrected chi connectivity index (χ4v) is 2.46. The molecule has 4 heteroatoms. The minimum absolute atomic E-state index is 0.512. The molecule has 0 spiro atoms. The highest BCUT2D eigenvalue weighted by molar-refractivity contribution is 5.55. The van der Waals surface area contributed by atoms with Crippen LogP contribution in [0.25, 0.3) is 6.08 Å². The molecule has 2 aromatic rings. The van der Waals surface area contributed by atoms with E-state index in [2.05, 4.69) is 29.6 Å². The van der Waals surface area contributed by atoms with Crippen molar-refractivity contribution in [3.63, 3.8) is 0 Å². The number of rotatable bonds is 11. The molecule has 134 valence electrons. The lowest BCUT2D eigenvalue weighted by Crippen LogP contribution is -2.83. The SMILES string of the molecule is C/C=C/c1ccc(OCCOCC[NH2+]Cc2ccccc2)c(OC)c1. The van der Waals surface area contributed by atoms with Crippen molar-refractivity contribution >= 4 is 6.08 Å². The minimum Gasteiger partial charge on any atom is -0.493 e. The van der Waals surface area contributed by atoms with Crippen LogP contribution in [0, 0.1) is 0 Å². The van der Waals surface area contributed by atoms with Crippen LogP contribution in [0.3, 0.4) is 0 Å². The first-order valence-electron chi connectivity index (χ1n) is 8.70. The fraction of sp³-hybridized carbons (Fsp3) is 0.333. The first-order valence-corrected chi connectivity index (χ1v) is 8.70. The number of ether oxygens (including phenoxy) is 3. The molecular weight excluding hydrogens is 314 g/mol. The summed E-state index contributed by atoms with van der Waals surface area (Å²) in [7, 11) is 1.65. The maximum absolute atomic E-state index is 5.75. The van der Waals surface area contributed by atoms with Gasteiger partial charge >= 0.3 is 0 Å². The maximum atomic E-state index is 5.75. The molecule has 0 aliphatic carbocycles.